The smallest absolute Gasteiger partial charge is 0.163 e. The van der Waals surface area contributed by atoms with E-state index in [0.29, 0.717) is 16.8 Å². The van der Waals surface area contributed by atoms with Gasteiger partial charge in [-0.15, -0.1) is 0 Å². The average molecular weight is 325 g/mol. The molecule has 2 heterocycles. The van der Waals surface area contributed by atoms with Gasteiger partial charge >= 0.3 is 0 Å². The highest BCUT2D eigenvalue weighted by molar-refractivity contribution is 6.29. The molecule has 0 aliphatic rings. The number of rotatable bonds is 3. The van der Waals surface area contributed by atoms with Crippen LogP contribution in [0.2, 0.25) is 5.15 Å². The average Bonchev–Trinajstić information content (AvgIpc) is 2.51. The molecular weight excluding hydrogens is 308 g/mol. The maximum atomic E-state index is 6.16. The maximum Gasteiger partial charge on any atom is 0.163 e. The van der Waals surface area contributed by atoms with E-state index in [4.69, 9.17) is 11.6 Å². The Morgan fingerprint density at radius 1 is 0.913 bits per heavy atom. The van der Waals surface area contributed by atoms with Gasteiger partial charge in [-0.3, -0.25) is 4.98 Å². The number of aromatic nitrogens is 3. The van der Waals surface area contributed by atoms with Gasteiger partial charge in [-0.05, 0) is 44.0 Å². The van der Waals surface area contributed by atoms with Crippen molar-refractivity contribution in [3.05, 3.63) is 64.6 Å². The van der Waals surface area contributed by atoms with Gasteiger partial charge in [0.2, 0.25) is 0 Å². The van der Waals surface area contributed by atoms with Crippen molar-refractivity contribution in [1.29, 1.82) is 0 Å². The molecule has 23 heavy (non-hydrogen) atoms. The number of nitrogens with zero attached hydrogens (tertiary/aromatic N) is 3. The Labute approximate surface area is 140 Å². The predicted octanol–water partition coefficient (Wildman–Crippen LogP) is 4.86. The van der Waals surface area contributed by atoms with Gasteiger partial charge in [-0.2, -0.15) is 0 Å². The van der Waals surface area contributed by atoms with E-state index in [2.05, 4.69) is 53.2 Å². The molecule has 0 radical (unpaired) electrons. The van der Waals surface area contributed by atoms with Crippen molar-refractivity contribution in [3.8, 4) is 11.4 Å². The minimum atomic E-state index is 0.400. The second-order valence-electron chi connectivity index (χ2n) is 5.53. The molecule has 4 nitrogen and oxygen atoms in total. The maximum absolute atomic E-state index is 6.16. The Kier molecular flexibility index (Phi) is 4.26. The molecule has 0 aliphatic heterocycles. The number of hydrogen-bond acceptors (Lipinski definition) is 4. The molecular formula is C18H17ClN4. The second-order valence-corrected chi connectivity index (χ2v) is 5.92. The zero-order valence-electron chi connectivity index (χ0n) is 13.3. The Hall–Kier alpha value is -2.46. The first-order chi connectivity index (χ1) is 11.0. The lowest BCUT2D eigenvalue weighted by molar-refractivity contribution is 1.16. The molecule has 0 unspecified atom stereocenters. The van der Waals surface area contributed by atoms with E-state index in [1.807, 2.05) is 12.1 Å². The monoisotopic (exact) mass is 324 g/mol. The third-order valence-corrected chi connectivity index (χ3v) is 3.76. The fourth-order valence-corrected chi connectivity index (χ4v) is 2.80. The van der Waals surface area contributed by atoms with Crippen LogP contribution in [0.3, 0.4) is 0 Å². The molecule has 3 rings (SSSR count). The van der Waals surface area contributed by atoms with Crippen molar-refractivity contribution in [2.24, 2.45) is 0 Å². The summed E-state index contributed by atoms with van der Waals surface area (Å²) in [5.41, 5.74) is 5.50. The lowest BCUT2D eigenvalue weighted by atomic mass is 10.1. The van der Waals surface area contributed by atoms with Gasteiger partial charge in [0.15, 0.2) is 5.82 Å². The fourth-order valence-electron chi connectivity index (χ4n) is 2.62. The molecule has 0 atom stereocenters. The van der Waals surface area contributed by atoms with Crippen LogP contribution in [0.25, 0.3) is 11.4 Å². The highest BCUT2D eigenvalue weighted by Gasteiger charge is 2.09. The number of anilines is 2. The summed E-state index contributed by atoms with van der Waals surface area (Å²) in [6.07, 6.45) is 3.42. The normalized spacial score (nSPS) is 10.6. The topological polar surface area (TPSA) is 50.7 Å². The predicted molar refractivity (Wildman–Crippen MR) is 94.2 cm³/mol. The molecule has 3 aromatic rings. The number of nitrogens with one attached hydrogen (secondary N) is 1. The third kappa shape index (κ3) is 3.48. The Balaban J connectivity index is 2.00. The molecule has 0 fully saturated rings. The van der Waals surface area contributed by atoms with Crippen molar-refractivity contribution in [3.63, 3.8) is 0 Å². The van der Waals surface area contributed by atoms with Gasteiger partial charge in [0.05, 0.1) is 0 Å². The molecule has 1 N–H and O–H groups in total. The van der Waals surface area contributed by atoms with Crippen molar-refractivity contribution in [1.82, 2.24) is 15.0 Å². The Morgan fingerprint density at radius 2 is 1.57 bits per heavy atom. The third-order valence-electron chi connectivity index (χ3n) is 3.56. The SMILES string of the molecule is Cc1cc(C)c(Nc2cc(Cl)nc(-c3ccncc3)n2)c(C)c1. The van der Waals surface area contributed by atoms with E-state index in [1.54, 1.807) is 18.5 Å². The zero-order chi connectivity index (χ0) is 16.4. The zero-order valence-corrected chi connectivity index (χ0v) is 14.0. The number of aryl methyl sites for hydroxylation is 3. The minimum Gasteiger partial charge on any atom is -0.340 e. The second kappa shape index (κ2) is 6.34. The van der Waals surface area contributed by atoms with Crippen LogP contribution in [0.5, 0.6) is 0 Å². The highest BCUT2D eigenvalue weighted by atomic mass is 35.5. The molecule has 1 aromatic carbocycles. The van der Waals surface area contributed by atoms with E-state index in [1.165, 1.54) is 16.7 Å². The van der Waals surface area contributed by atoms with Crippen LogP contribution in [-0.4, -0.2) is 15.0 Å². The van der Waals surface area contributed by atoms with Crippen LogP contribution in [0.4, 0.5) is 11.5 Å². The van der Waals surface area contributed by atoms with Gasteiger partial charge in [0.1, 0.15) is 11.0 Å². The molecule has 0 bridgehead atoms. The van der Waals surface area contributed by atoms with Crippen LogP contribution in [0, 0.1) is 20.8 Å². The van der Waals surface area contributed by atoms with Gasteiger partial charge < -0.3 is 5.32 Å². The standard InChI is InChI=1S/C18H17ClN4/c1-11-8-12(2)17(13(3)9-11)22-16-10-15(19)21-18(23-16)14-4-6-20-7-5-14/h4-10H,1-3H3,(H,21,22,23). The molecule has 0 aliphatic carbocycles. The van der Waals surface area contributed by atoms with Crippen molar-refractivity contribution in [2.75, 3.05) is 5.32 Å². The summed E-state index contributed by atoms with van der Waals surface area (Å²) in [6.45, 7) is 6.25. The molecule has 116 valence electrons. The lowest BCUT2D eigenvalue weighted by Crippen LogP contribution is -2.01. The first-order valence-corrected chi connectivity index (χ1v) is 7.70. The van der Waals surface area contributed by atoms with Crippen LogP contribution >= 0.6 is 11.6 Å². The quantitative estimate of drug-likeness (QED) is 0.699. The molecule has 0 saturated heterocycles. The largest absolute Gasteiger partial charge is 0.340 e. The lowest BCUT2D eigenvalue weighted by Gasteiger charge is -2.14. The van der Waals surface area contributed by atoms with Crippen molar-refractivity contribution >= 4 is 23.1 Å². The van der Waals surface area contributed by atoms with Crippen molar-refractivity contribution in [2.45, 2.75) is 20.8 Å². The Morgan fingerprint density at radius 3 is 2.22 bits per heavy atom. The van der Waals surface area contributed by atoms with Gasteiger partial charge in [-0.25, -0.2) is 9.97 Å². The highest BCUT2D eigenvalue weighted by Crippen LogP contribution is 2.27. The van der Waals surface area contributed by atoms with Gasteiger partial charge in [0.25, 0.3) is 0 Å². The number of pyridine rings is 1. The fraction of sp³-hybridized carbons (Fsp3) is 0.167. The summed E-state index contributed by atoms with van der Waals surface area (Å²) in [5.74, 6) is 1.25. The number of halogens is 1. The molecule has 2 aromatic heterocycles. The first-order valence-electron chi connectivity index (χ1n) is 7.33. The molecule has 0 amide bonds. The van der Waals surface area contributed by atoms with E-state index in [0.717, 1.165) is 11.3 Å². The Bertz CT molecular complexity index is 824. The van der Waals surface area contributed by atoms with E-state index < -0.39 is 0 Å². The molecule has 0 saturated carbocycles. The van der Waals surface area contributed by atoms with E-state index in [-0.39, 0.29) is 0 Å². The summed E-state index contributed by atoms with van der Waals surface area (Å²) in [4.78, 5) is 12.9. The summed E-state index contributed by atoms with van der Waals surface area (Å²) in [6, 6.07) is 9.73. The van der Waals surface area contributed by atoms with Crippen LogP contribution in [0.15, 0.2) is 42.7 Å². The van der Waals surface area contributed by atoms with Crippen LogP contribution in [0.1, 0.15) is 16.7 Å². The summed E-state index contributed by atoms with van der Waals surface area (Å²) >= 11 is 6.16. The summed E-state index contributed by atoms with van der Waals surface area (Å²) < 4.78 is 0. The molecule has 5 heteroatoms. The van der Waals surface area contributed by atoms with Crippen LogP contribution < -0.4 is 5.32 Å². The van der Waals surface area contributed by atoms with E-state index >= 15 is 0 Å². The van der Waals surface area contributed by atoms with Gasteiger partial charge in [-0.1, -0.05) is 29.3 Å². The minimum absolute atomic E-state index is 0.400. The van der Waals surface area contributed by atoms with E-state index in [9.17, 15) is 0 Å². The molecule has 0 spiro atoms. The van der Waals surface area contributed by atoms with Crippen molar-refractivity contribution < 1.29 is 0 Å². The van der Waals surface area contributed by atoms with Crippen LogP contribution in [-0.2, 0) is 0 Å². The summed E-state index contributed by atoms with van der Waals surface area (Å²) in [5, 5.41) is 3.77. The first kappa shape index (κ1) is 15.4. The van der Waals surface area contributed by atoms with Gasteiger partial charge in [0, 0.05) is 29.7 Å². The number of benzene rings is 1. The summed E-state index contributed by atoms with van der Waals surface area (Å²) in [7, 11) is 0. The number of hydrogen-bond donors (Lipinski definition) is 1.